The average molecular weight is 303 g/mol. The van der Waals surface area contributed by atoms with E-state index in [1.165, 1.54) is 44.9 Å². The summed E-state index contributed by atoms with van der Waals surface area (Å²) in [5.74, 6) is 1.89. The van der Waals surface area contributed by atoms with Crippen molar-refractivity contribution in [3.8, 4) is 0 Å². The van der Waals surface area contributed by atoms with Crippen molar-refractivity contribution in [1.29, 1.82) is 0 Å². The number of rotatable bonds is 7. The van der Waals surface area contributed by atoms with Gasteiger partial charge in [-0.05, 0) is 37.5 Å². The lowest BCUT2D eigenvalue weighted by molar-refractivity contribution is -0.125. The summed E-state index contributed by atoms with van der Waals surface area (Å²) in [5, 5.41) is 3.08. The van der Waals surface area contributed by atoms with E-state index in [0.29, 0.717) is 12.5 Å². The highest BCUT2D eigenvalue weighted by Gasteiger charge is 2.29. The monoisotopic (exact) mass is 302 g/mol. The molecule has 2 aliphatic rings. The summed E-state index contributed by atoms with van der Waals surface area (Å²) in [6.07, 6.45) is 11.3. The predicted molar refractivity (Wildman–Crippen MR) is 85.9 cm³/mol. The molecule has 118 valence electrons. The van der Waals surface area contributed by atoms with Crippen LogP contribution in [0.4, 0.5) is 0 Å². The molecule has 0 heterocycles. The normalized spacial score (nSPS) is 22.7. The Labute approximate surface area is 129 Å². The lowest BCUT2D eigenvalue weighted by Gasteiger charge is -2.25. The molecule has 3 N–H and O–H groups in total. The van der Waals surface area contributed by atoms with Crippen LogP contribution in [-0.2, 0) is 4.79 Å². The zero-order chi connectivity index (χ0) is 13.7. The van der Waals surface area contributed by atoms with Gasteiger partial charge in [0.25, 0.3) is 0 Å². The van der Waals surface area contributed by atoms with Crippen LogP contribution in [0.15, 0.2) is 0 Å². The number of nitrogens with two attached hydrogens (primary N) is 1. The van der Waals surface area contributed by atoms with E-state index in [0.717, 1.165) is 18.8 Å². The molecule has 0 bridgehead atoms. The zero-order valence-corrected chi connectivity index (χ0v) is 13.6. The summed E-state index contributed by atoms with van der Waals surface area (Å²) in [6.45, 7) is 2.80. The van der Waals surface area contributed by atoms with Crippen LogP contribution in [0.25, 0.3) is 0 Å². The quantitative estimate of drug-likeness (QED) is 0.758. The van der Waals surface area contributed by atoms with Crippen molar-refractivity contribution < 1.29 is 4.79 Å². The molecule has 2 unspecified atom stereocenters. The Hall–Kier alpha value is -0.280. The minimum Gasteiger partial charge on any atom is -0.354 e. The molecule has 1 amide bonds. The van der Waals surface area contributed by atoms with Gasteiger partial charge < -0.3 is 11.1 Å². The van der Waals surface area contributed by atoms with Crippen molar-refractivity contribution in [3.05, 3.63) is 0 Å². The predicted octanol–water partition coefficient (Wildman–Crippen LogP) is 3.26. The number of carbonyl (C=O) groups excluding carboxylic acids is 1. The van der Waals surface area contributed by atoms with Gasteiger partial charge in [0.15, 0.2) is 0 Å². The second-order valence-corrected chi connectivity index (χ2v) is 6.59. The van der Waals surface area contributed by atoms with Crippen molar-refractivity contribution in [2.45, 2.75) is 70.8 Å². The van der Waals surface area contributed by atoms with Crippen LogP contribution in [-0.4, -0.2) is 18.5 Å². The highest BCUT2D eigenvalue weighted by molar-refractivity contribution is 5.85. The molecular weight excluding hydrogens is 272 g/mol. The van der Waals surface area contributed by atoms with Crippen LogP contribution in [0.5, 0.6) is 0 Å². The molecule has 0 saturated heterocycles. The van der Waals surface area contributed by atoms with Crippen LogP contribution < -0.4 is 11.1 Å². The molecular formula is C16H31ClN2O. The molecule has 0 radical (unpaired) electrons. The molecule has 0 aliphatic heterocycles. The fourth-order valence-corrected chi connectivity index (χ4v) is 3.34. The molecule has 2 atom stereocenters. The third-order valence-electron chi connectivity index (χ3n) is 4.95. The molecule has 2 aliphatic carbocycles. The standard InChI is InChI=1S/C16H30N2O.ClH/c1-2-13(10-12-6-4-3-5-7-12)16(19)18-11-15(17)14-8-9-14;/h12-15H,2-11,17H2,1H3,(H,18,19);1H. The first-order valence-corrected chi connectivity index (χ1v) is 8.24. The summed E-state index contributed by atoms with van der Waals surface area (Å²) in [7, 11) is 0. The van der Waals surface area contributed by atoms with Crippen LogP contribution in [0, 0.1) is 17.8 Å². The van der Waals surface area contributed by atoms with E-state index in [9.17, 15) is 4.79 Å². The molecule has 2 fully saturated rings. The Bertz CT molecular complexity index is 288. The molecule has 0 aromatic heterocycles. The fraction of sp³-hybridized carbons (Fsp3) is 0.938. The van der Waals surface area contributed by atoms with Crippen LogP contribution in [0.3, 0.4) is 0 Å². The van der Waals surface area contributed by atoms with Crippen molar-refractivity contribution in [3.63, 3.8) is 0 Å². The van der Waals surface area contributed by atoms with Crippen molar-refractivity contribution in [2.75, 3.05) is 6.54 Å². The summed E-state index contributed by atoms with van der Waals surface area (Å²) >= 11 is 0. The zero-order valence-electron chi connectivity index (χ0n) is 12.8. The molecule has 0 aromatic carbocycles. The summed E-state index contributed by atoms with van der Waals surface area (Å²) < 4.78 is 0. The summed E-state index contributed by atoms with van der Waals surface area (Å²) in [5.41, 5.74) is 6.04. The number of hydrogen-bond donors (Lipinski definition) is 2. The van der Waals surface area contributed by atoms with E-state index < -0.39 is 0 Å². The lowest BCUT2D eigenvalue weighted by Crippen LogP contribution is -2.41. The van der Waals surface area contributed by atoms with E-state index in [1.807, 2.05) is 0 Å². The number of amides is 1. The molecule has 0 spiro atoms. The SMILES string of the molecule is CCC(CC1CCCCC1)C(=O)NCC(N)C1CC1.Cl. The van der Waals surface area contributed by atoms with Gasteiger partial charge >= 0.3 is 0 Å². The van der Waals surface area contributed by atoms with E-state index in [4.69, 9.17) is 5.73 Å². The average Bonchev–Trinajstić information content (AvgIpc) is 3.27. The summed E-state index contributed by atoms with van der Waals surface area (Å²) in [6, 6.07) is 0.177. The van der Waals surface area contributed by atoms with Gasteiger partial charge in [0.1, 0.15) is 0 Å². The van der Waals surface area contributed by atoms with Crippen LogP contribution in [0.1, 0.15) is 64.7 Å². The van der Waals surface area contributed by atoms with Crippen molar-refractivity contribution in [2.24, 2.45) is 23.5 Å². The van der Waals surface area contributed by atoms with E-state index in [2.05, 4.69) is 12.2 Å². The van der Waals surface area contributed by atoms with Gasteiger partial charge in [-0.15, -0.1) is 12.4 Å². The van der Waals surface area contributed by atoms with Crippen molar-refractivity contribution in [1.82, 2.24) is 5.32 Å². The van der Waals surface area contributed by atoms with Gasteiger partial charge in [0.05, 0.1) is 0 Å². The maximum absolute atomic E-state index is 12.2. The molecule has 2 saturated carbocycles. The highest BCUT2D eigenvalue weighted by atomic mass is 35.5. The topological polar surface area (TPSA) is 55.1 Å². The first-order valence-electron chi connectivity index (χ1n) is 8.24. The summed E-state index contributed by atoms with van der Waals surface area (Å²) in [4.78, 5) is 12.2. The first kappa shape index (κ1) is 17.8. The maximum atomic E-state index is 12.2. The second-order valence-electron chi connectivity index (χ2n) is 6.59. The fourth-order valence-electron chi connectivity index (χ4n) is 3.34. The van der Waals surface area contributed by atoms with Crippen molar-refractivity contribution >= 4 is 18.3 Å². The van der Waals surface area contributed by atoms with Gasteiger partial charge in [-0.2, -0.15) is 0 Å². The third-order valence-corrected chi connectivity index (χ3v) is 4.95. The molecule has 4 heteroatoms. The van der Waals surface area contributed by atoms with E-state index in [1.54, 1.807) is 0 Å². The third kappa shape index (κ3) is 5.61. The Morgan fingerprint density at radius 3 is 2.40 bits per heavy atom. The minimum absolute atomic E-state index is 0. The first-order chi connectivity index (χ1) is 9.20. The number of halogens is 1. The molecule has 2 rings (SSSR count). The smallest absolute Gasteiger partial charge is 0.223 e. The van der Waals surface area contributed by atoms with Gasteiger partial charge in [0, 0.05) is 18.5 Å². The Morgan fingerprint density at radius 2 is 1.85 bits per heavy atom. The van der Waals surface area contributed by atoms with E-state index in [-0.39, 0.29) is 30.3 Å². The second kappa shape index (κ2) is 8.89. The highest BCUT2D eigenvalue weighted by Crippen LogP contribution is 2.32. The Kier molecular flexibility index (Phi) is 7.90. The number of hydrogen-bond acceptors (Lipinski definition) is 2. The van der Waals surface area contributed by atoms with Crippen LogP contribution >= 0.6 is 12.4 Å². The Balaban J connectivity index is 0.00000200. The molecule has 3 nitrogen and oxygen atoms in total. The van der Waals surface area contributed by atoms with Crippen LogP contribution in [0.2, 0.25) is 0 Å². The molecule has 0 aromatic rings. The largest absolute Gasteiger partial charge is 0.354 e. The van der Waals surface area contributed by atoms with Gasteiger partial charge in [-0.25, -0.2) is 0 Å². The lowest BCUT2D eigenvalue weighted by atomic mass is 9.82. The van der Waals surface area contributed by atoms with E-state index >= 15 is 0 Å². The number of nitrogens with one attached hydrogen (secondary N) is 1. The number of carbonyl (C=O) groups is 1. The minimum atomic E-state index is 0. The maximum Gasteiger partial charge on any atom is 0.223 e. The van der Waals surface area contributed by atoms with Gasteiger partial charge in [-0.1, -0.05) is 39.0 Å². The molecule has 20 heavy (non-hydrogen) atoms. The van der Waals surface area contributed by atoms with Gasteiger partial charge in [-0.3, -0.25) is 4.79 Å². The Morgan fingerprint density at radius 1 is 1.20 bits per heavy atom. The van der Waals surface area contributed by atoms with Gasteiger partial charge in [0.2, 0.25) is 5.91 Å².